The smallest absolute Gasteiger partial charge is 0.0907 e. The Kier molecular flexibility index (Phi) is 2.89. The standard InChI is InChI=1S/C13H15N3S/c1-9-6-11(8-17-9)16-10-2-3-12-13(7-10)15-5-4-14-12/h2-5,7,9,11,16H,6,8H2,1H3. The molecule has 0 aliphatic carbocycles. The van der Waals surface area contributed by atoms with E-state index in [0.717, 1.165) is 22.0 Å². The molecule has 1 aliphatic heterocycles. The van der Waals surface area contributed by atoms with Crippen LogP contribution in [0.3, 0.4) is 0 Å². The van der Waals surface area contributed by atoms with Crippen molar-refractivity contribution in [3.8, 4) is 0 Å². The van der Waals surface area contributed by atoms with Crippen LogP contribution in [-0.2, 0) is 0 Å². The van der Waals surface area contributed by atoms with E-state index in [9.17, 15) is 0 Å². The number of fused-ring (bicyclic) bond motifs is 1. The highest BCUT2D eigenvalue weighted by atomic mass is 32.2. The van der Waals surface area contributed by atoms with Gasteiger partial charge in [0.1, 0.15) is 0 Å². The minimum absolute atomic E-state index is 0.587. The average molecular weight is 245 g/mol. The Bertz CT molecular complexity index is 529. The highest BCUT2D eigenvalue weighted by molar-refractivity contribution is 8.00. The van der Waals surface area contributed by atoms with Crippen molar-refractivity contribution in [2.24, 2.45) is 0 Å². The van der Waals surface area contributed by atoms with E-state index in [1.54, 1.807) is 12.4 Å². The summed E-state index contributed by atoms with van der Waals surface area (Å²) in [5.41, 5.74) is 3.06. The van der Waals surface area contributed by atoms with Crippen LogP contribution in [0.2, 0.25) is 0 Å². The topological polar surface area (TPSA) is 37.8 Å². The van der Waals surface area contributed by atoms with Gasteiger partial charge >= 0.3 is 0 Å². The van der Waals surface area contributed by atoms with Crippen molar-refractivity contribution in [2.75, 3.05) is 11.1 Å². The van der Waals surface area contributed by atoms with Gasteiger partial charge < -0.3 is 5.32 Å². The number of aromatic nitrogens is 2. The van der Waals surface area contributed by atoms with Crippen molar-refractivity contribution in [1.82, 2.24) is 9.97 Å². The Morgan fingerprint density at radius 1 is 1.24 bits per heavy atom. The van der Waals surface area contributed by atoms with Crippen molar-refractivity contribution >= 4 is 28.5 Å². The molecular weight excluding hydrogens is 230 g/mol. The van der Waals surface area contributed by atoms with Gasteiger partial charge in [-0.2, -0.15) is 11.8 Å². The zero-order chi connectivity index (χ0) is 11.7. The van der Waals surface area contributed by atoms with Gasteiger partial charge in [0.2, 0.25) is 0 Å². The molecule has 1 aromatic heterocycles. The third kappa shape index (κ3) is 2.36. The molecule has 0 bridgehead atoms. The highest BCUT2D eigenvalue weighted by Gasteiger charge is 2.21. The molecule has 2 unspecified atom stereocenters. The zero-order valence-electron chi connectivity index (χ0n) is 9.76. The van der Waals surface area contributed by atoms with Crippen LogP contribution in [0.5, 0.6) is 0 Å². The van der Waals surface area contributed by atoms with Crippen molar-refractivity contribution in [1.29, 1.82) is 0 Å². The first-order chi connectivity index (χ1) is 8.31. The van der Waals surface area contributed by atoms with E-state index in [1.165, 1.54) is 12.2 Å². The van der Waals surface area contributed by atoms with Crippen LogP contribution in [0.1, 0.15) is 13.3 Å². The van der Waals surface area contributed by atoms with Crippen LogP contribution in [0, 0.1) is 0 Å². The lowest BCUT2D eigenvalue weighted by atomic mass is 10.2. The molecule has 17 heavy (non-hydrogen) atoms. The van der Waals surface area contributed by atoms with E-state index in [-0.39, 0.29) is 0 Å². The van der Waals surface area contributed by atoms with Crippen LogP contribution in [0.15, 0.2) is 30.6 Å². The SMILES string of the molecule is CC1CC(Nc2ccc3nccnc3c2)CS1. The molecule has 0 amide bonds. The molecule has 0 spiro atoms. The van der Waals surface area contributed by atoms with Gasteiger partial charge in [-0.25, -0.2) is 0 Å². The fourth-order valence-corrected chi connectivity index (χ4v) is 3.36. The van der Waals surface area contributed by atoms with E-state index in [4.69, 9.17) is 0 Å². The number of benzene rings is 1. The fraction of sp³-hybridized carbons (Fsp3) is 0.385. The minimum Gasteiger partial charge on any atom is -0.381 e. The number of thioether (sulfide) groups is 1. The number of nitrogens with one attached hydrogen (secondary N) is 1. The third-order valence-electron chi connectivity index (χ3n) is 3.04. The van der Waals surface area contributed by atoms with E-state index >= 15 is 0 Å². The van der Waals surface area contributed by atoms with Crippen molar-refractivity contribution < 1.29 is 0 Å². The number of nitrogens with zero attached hydrogens (tertiary/aromatic N) is 2. The van der Waals surface area contributed by atoms with Gasteiger partial charge in [0.05, 0.1) is 11.0 Å². The number of anilines is 1. The van der Waals surface area contributed by atoms with Gasteiger partial charge in [-0.15, -0.1) is 0 Å². The van der Waals surface area contributed by atoms with Crippen molar-refractivity contribution in [3.63, 3.8) is 0 Å². The minimum atomic E-state index is 0.587. The molecule has 1 aromatic carbocycles. The molecule has 0 saturated carbocycles. The van der Waals surface area contributed by atoms with Crippen molar-refractivity contribution in [3.05, 3.63) is 30.6 Å². The molecule has 1 N–H and O–H groups in total. The maximum absolute atomic E-state index is 4.32. The molecule has 4 heteroatoms. The summed E-state index contributed by atoms with van der Waals surface area (Å²) in [5.74, 6) is 1.19. The van der Waals surface area contributed by atoms with Gasteiger partial charge in [0, 0.05) is 35.1 Å². The van der Waals surface area contributed by atoms with E-state index in [1.807, 2.05) is 17.8 Å². The quantitative estimate of drug-likeness (QED) is 0.882. The summed E-state index contributed by atoms with van der Waals surface area (Å²) >= 11 is 2.04. The lowest BCUT2D eigenvalue weighted by Gasteiger charge is -2.13. The molecular formula is C13H15N3S. The molecule has 1 fully saturated rings. The molecule has 3 nitrogen and oxygen atoms in total. The Morgan fingerprint density at radius 2 is 2.06 bits per heavy atom. The second kappa shape index (κ2) is 4.53. The number of hydrogen-bond donors (Lipinski definition) is 1. The van der Waals surface area contributed by atoms with Gasteiger partial charge in [0.15, 0.2) is 0 Å². The van der Waals surface area contributed by atoms with Gasteiger partial charge in [-0.05, 0) is 24.6 Å². The highest BCUT2D eigenvalue weighted by Crippen LogP contribution is 2.28. The van der Waals surface area contributed by atoms with E-state index in [0.29, 0.717) is 6.04 Å². The first kappa shape index (κ1) is 10.8. The van der Waals surface area contributed by atoms with E-state index < -0.39 is 0 Å². The van der Waals surface area contributed by atoms with Crippen LogP contribution >= 0.6 is 11.8 Å². The molecule has 1 aliphatic rings. The normalized spacial score (nSPS) is 24.1. The maximum atomic E-state index is 4.32. The third-order valence-corrected chi connectivity index (χ3v) is 4.39. The molecule has 2 heterocycles. The number of hydrogen-bond acceptors (Lipinski definition) is 4. The molecule has 88 valence electrons. The first-order valence-corrected chi connectivity index (χ1v) is 6.95. The predicted octanol–water partition coefficient (Wildman–Crippen LogP) is 2.94. The van der Waals surface area contributed by atoms with Gasteiger partial charge in [0.25, 0.3) is 0 Å². The Morgan fingerprint density at radius 3 is 2.82 bits per heavy atom. The van der Waals surface area contributed by atoms with Gasteiger partial charge in [-0.3, -0.25) is 9.97 Å². The van der Waals surface area contributed by atoms with Crippen LogP contribution in [0.25, 0.3) is 11.0 Å². The first-order valence-electron chi connectivity index (χ1n) is 5.90. The molecule has 2 aromatic rings. The summed E-state index contributed by atoms with van der Waals surface area (Å²) in [5, 5.41) is 4.35. The summed E-state index contributed by atoms with van der Waals surface area (Å²) in [6, 6.07) is 6.78. The van der Waals surface area contributed by atoms with Crippen LogP contribution in [0.4, 0.5) is 5.69 Å². The van der Waals surface area contributed by atoms with Gasteiger partial charge in [-0.1, -0.05) is 6.92 Å². The summed E-state index contributed by atoms with van der Waals surface area (Å²) in [6.07, 6.45) is 4.70. The summed E-state index contributed by atoms with van der Waals surface area (Å²) in [6.45, 7) is 2.29. The average Bonchev–Trinajstić information content (AvgIpc) is 2.75. The van der Waals surface area contributed by atoms with Crippen LogP contribution < -0.4 is 5.32 Å². The summed E-state index contributed by atoms with van der Waals surface area (Å²) in [4.78, 5) is 8.60. The van der Waals surface area contributed by atoms with Crippen LogP contribution in [-0.4, -0.2) is 27.0 Å². The fourth-order valence-electron chi connectivity index (χ4n) is 2.21. The Balaban J connectivity index is 1.81. The second-order valence-electron chi connectivity index (χ2n) is 4.48. The largest absolute Gasteiger partial charge is 0.381 e. The maximum Gasteiger partial charge on any atom is 0.0907 e. The summed E-state index contributed by atoms with van der Waals surface area (Å²) in [7, 11) is 0. The second-order valence-corrected chi connectivity index (χ2v) is 5.95. The number of rotatable bonds is 2. The molecule has 2 atom stereocenters. The molecule has 0 radical (unpaired) electrons. The zero-order valence-corrected chi connectivity index (χ0v) is 10.6. The summed E-state index contributed by atoms with van der Waals surface area (Å²) < 4.78 is 0. The predicted molar refractivity (Wildman–Crippen MR) is 73.5 cm³/mol. The Labute approximate surface area is 105 Å². The lowest BCUT2D eigenvalue weighted by molar-refractivity contribution is 0.747. The van der Waals surface area contributed by atoms with Crippen molar-refractivity contribution in [2.45, 2.75) is 24.6 Å². The Hall–Kier alpha value is -1.29. The molecule has 1 saturated heterocycles. The monoisotopic (exact) mass is 245 g/mol. The van der Waals surface area contributed by atoms with E-state index in [2.05, 4.69) is 34.3 Å². The lowest BCUT2D eigenvalue weighted by Crippen LogP contribution is -2.18. The molecule has 3 rings (SSSR count).